The Morgan fingerprint density at radius 3 is 2.52 bits per heavy atom. The predicted molar refractivity (Wildman–Crippen MR) is 130 cm³/mol. The van der Waals surface area contributed by atoms with Gasteiger partial charge in [0.15, 0.2) is 0 Å². The standard InChI is InChI=1S/C25H33N3O4S/c1-20(29)27-24(25(30)26-12-5-13-28-14-16-31-17-15-28)19-33-23-10-8-22(9-11-23)32-18-21-6-3-2-4-7-21/h2-4,6-11,24H,5,12-19H2,1H3,(H,26,30)(H,27,29). The summed E-state index contributed by atoms with van der Waals surface area (Å²) < 4.78 is 11.2. The van der Waals surface area contributed by atoms with Crippen LogP contribution in [0.3, 0.4) is 0 Å². The minimum Gasteiger partial charge on any atom is -0.489 e. The van der Waals surface area contributed by atoms with Crippen molar-refractivity contribution in [3.8, 4) is 5.75 Å². The monoisotopic (exact) mass is 471 g/mol. The molecule has 1 atom stereocenters. The van der Waals surface area contributed by atoms with Crippen molar-refractivity contribution in [1.29, 1.82) is 0 Å². The molecule has 0 aliphatic carbocycles. The summed E-state index contributed by atoms with van der Waals surface area (Å²) in [5, 5.41) is 5.73. The molecule has 0 bridgehead atoms. The number of carbonyl (C=O) groups is 2. The lowest BCUT2D eigenvalue weighted by Crippen LogP contribution is -2.48. The van der Waals surface area contributed by atoms with Gasteiger partial charge in [-0.1, -0.05) is 30.3 Å². The third kappa shape index (κ3) is 9.45. The van der Waals surface area contributed by atoms with Crippen molar-refractivity contribution in [2.45, 2.75) is 30.9 Å². The summed E-state index contributed by atoms with van der Waals surface area (Å²) in [6, 6.07) is 17.2. The van der Waals surface area contributed by atoms with E-state index >= 15 is 0 Å². The van der Waals surface area contributed by atoms with Gasteiger partial charge in [-0.25, -0.2) is 0 Å². The number of carbonyl (C=O) groups excluding carboxylic acids is 2. The van der Waals surface area contributed by atoms with Crippen LogP contribution in [0, 0.1) is 0 Å². The van der Waals surface area contributed by atoms with E-state index < -0.39 is 6.04 Å². The van der Waals surface area contributed by atoms with Crippen molar-refractivity contribution in [3.63, 3.8) is 0 Å². The van der Waals surface area contributed by atoms with Crippen LogP contribution in [0.1, 0.15) is 18.9 Å². The number of hydrogen-bond acceptors (Lipinski definition) is 6. The highest BCUT2D eigenvalue weighted by Gasteiger charge is 2.19. The van der Waals surface area contributed by atoms with Crippen LogP contribution in [0.25, 0.3) is 0 Å². The molecule has 178 valence electrons. The van der Waals surface area contributed by atoms with Gasteiger partial charge in [-0.15, -0.1) is 11.8 Å². The number of nitrogens with zero attached hydrogens (tertiary/aromatic N) is 1. The maximum absolute atomic E-state index is 12.6. The quantitative estimate of drug-likeness (QED) is 0.366. The number of benzene rings is 2. The van der Waals surface area contributed by atoms with Crippen LogP contribution in [0.5, 0.6) is 5.75 Å². The number of amides is 2. The lowest BCUT2D eigenvalue weighted by molar-refractivity contribution is -0.127. The molecule has 0 saturated carbocycles. The Balaban J connectivity index is 1.41. The molecule has 2 aromatic carbocycles. The van der Waals surface area contributed by atoms with Crippen molar-refractivity contribution in [2.75, 3.05) is 45.1 Å². The van der Waals surface area contributed by atoms with Crippen molar-refractivity contribution in [2.24, 2.45) is 0 Å². The molecule has 3 rings (SSSR count). The zero-order valence-electron chi connectivity index (χ0n) is 19.1. The molecule has 1 saturated heterocycles. The highest BCUT2D eigenvalue weighted by atomic mass is 32.2. The largest absolute Gasteiger partial charge is 0.489 e. The van der Waals surface area contributed by atoms with Crippen LogP contribution in [0.2, 0.25) is 0 Å². The Labute approximate surface area is 200 Å². The van der Waals surface area contributed by atoms with E-state index in [1.807, 2.05) is 54.6 Å². The van der Waals surface area contributed by atoms with Gasteiger partial charge in [0.2, 0.25) is 11.8 Å². The summed E-state index contributed by atoms with van der Waals surface area (Å²) in [7, 11) is 0. The molecule has 7 nitrogen and oxygen atoms in total. The first-order chi connectivity index (χ1) is 16.1. The fraction of sp³-hybridized carbons (Fsp3) is 0.440. The van der Waals surface area contributed by atoms with Crippen LogP contribution in [0.4, 0.5) is 0 Å². The van der Waals surface area contributed by atoms with E-state index in [1.54, 1.807) is 0 Å². The third-order valence-electron chi connectivity index (χ3n) is 5.24. The SMILES string of the molecule is CC(=O)NC(CSc1ccc(OCc2ccccc2)cc1)C(=O)NCCCN1CCOCC1. The maximum Gasteiger partial charge on any atom is 0.243 e. The first-order valence-corrected chi connectivity index (χ1v) is 12.3. The number of rotatable bonds is 12. The van der Waals surface area contributed by atoms with E-state index in [4.69, 9.17) is 9.47 Å². The molecule has 1 aliphatic rings. The molecule has 1 heterocycles. The van der Waals surface area contributed by atoms with E-state index in [-0.39, 0.29) is 11.8 Å². The summed E-state index contributed by atoms with van der Waals surface area (Å²) in [5.41, 5.74) is 1.12. The molecule has 0 spiro atoms. The zero-order chi connectivity index (χ0) is 23.3. The molecular weight excluding hydrogens is 438 g/mol. The Hall–Kier alpha value is -2.55. The molecule has 2 amide bonds. The van der Waals surface area contributed by atoms with Crippen LogP contribution < -0.4 is 15.4 Å². The highest BCUT2D eigenvalue weighted by molar-refractivity contribution is 7.99. The van der Waals surface area contributed by atoms with Gasteiger partial charge >= 0.3 is 0 Å². The number of nitrogens with one attached hydrogen (secondary N) is 2. The number of morpholine rings is 1. The summed E-state index contributed by atoms with van der Waals surface area (Å²) >= 11 is 1.53. The normalized spacial score (nSPS) is 14.9. The van der Waals surface area contributed by atoms with E-state index in [0.29, 0.717) is 18.9 Å². The first-order valence-electron chi connectivity index (χ1n) is 11.3. The predicted octanol–water partition coefficient (Wildman–Crippen LogP) is 2.70. The lowest BCUT2D eigenvalue weighted by atomic mass is 10.2. The number of ether oxygens (including phenoxy) is 2. The summed E-state index contributed by atoms with van der Waals surface area (Å²) in [4.78, 5) is 27.6. The van der Waals surface area contributed by atoms with Crippen molar-refractivity contribution >= 4 is 23.6 Å². The Bertz CT molecular complexity index is 858. The zero-order valence-corrected chi connectivity index (χ0v) is 19.9. The molecule has 33 heavy (non-hydrogen) atoms. The highest BCUT2D eigenvalue weighted by Crippen LogP contribution is 2.23. The minimum atomic E-state index is -0.579. The molecule has 1 unspecified atom stereocenters. The third-order valence-corrected chi connectivity index (χ3v) is 6.34. The molecule has 2 aromatic rings. The first kappa shape index (κ1) is 25.1. The van der Waals surface area contributed by atoms with E-state index in [9.17, 15) is 9.59 Å². The number of thioether (sulfide) groups is 1. The number of hydrogen-bond donors (Lipinski definition) is 2. The summed E-state index contributed by atoms with van der Waals surface area (Å²) in [6.45, 7) is 6.89. The van der Waals surface area contributed by atoms with Gasteiger partial charge in [-0.2, -0.15) is 0 Å². The van der Waals surface area contributed by atoms with Crippen molar-refractivity contribution in [3.05, 3.63) is 60.2 Å². The smallest absolute Gasteiger partial charge is 0.243 e. The minimum absolute atomic E-state index is 0.150. The Kier molecular flexibility index (Phi) is 10.5. The fourth-order valence-corrected chi connectivity index (χ4v) is 4.37. The van der Waals surface area contributed by atoms with E-state index in [2.05, 4.69) is 15.5 Å². The molecule has 8 heteroatoms. The molecule has 1 aliphatic heterocycles. The van der Waals surface area contributed by atoms with Crippen LogP contribution in [-0.4, -0.2) is 67.9 Å². The maximum atomic E-state index is 12.6. The molecule has 0 radical (unpaired) electrons. The van der Waals surface area contributed by atoms with Crippen LogP contribution in [-0.2, 0) is 20.9 Å². The topological polar surface area (TPSA) is 79.9 Å². The van der Waals surface area contributed by atoms with Gasteiger partial charge in [0.1, 0.15) is 18.4 Å². The van der Waals surface area contributed by atoms with Crippen LogP contribution in [0.15, 0.2) is 59.5 Å². The molecule has 1 fully saturated rings. The van der Waals surface area contributed by atoms with Crippen LogP contribution >= 0.6 is 11.8 Å². The lowest BCUT2D eigenvalue weighted by Gasteiger charge is -2.26. The second-order valence-corrected chi connectivity index (χ2v) is 9.00. The Morgan fingerprint density at radius 2 is 1.82 bits per heavy atom. The average molecular weight is 472 g/mol. The van der Waals surface area contributed by atoms with Gasteiger partial charge in [0.05, 0.1) is 13.2 Å². The van der Waals surface area contributed by atoms with Gasteiger partial charge in [0, 0.05) is 37.2 Å². The van der Waals surface area contributed by atoms with Gasteiger partial charge < -0.3 is 20.1 Å². The van der Waals surface area contributed by atoms with Gasteiger partial charge in [-0.05, 0) is 42.8 Å². The van der Waals surface area contributed by atoms with E-state index in [0.717, 1.165) is 55.5 Å². The van der Waals surface area contributed by atoms with Gasteiger partial charge in [-0.3, -0.25) is 14.5 Å². The van der Waals surface area contributed by atoms with E-state index in [1.165, 1.54) is 18.7 Å². The Morgan fingerprint density at radius 1 is 1.09 bits per heavy atom. The second kappa shape index (κ2) is 13.9. The van der Waals surface area contributed by atoms with Crippen molar-refractivity contribution < 1.29 is 19.1 Å². The fourth-order valence-electron chi connectivity index (χ4n) is 3.44. The average Bonchev–Trinajstić information content (AvgIpc) is 2.84. The molecule has 2 N–H and O–H groups in total. The van der Waals surface area contributed by atoms with Gasteiger partial charge in [0.25, 0.3) is 0 Å². The van der Waals surface area contributed by atoms with Crippen molar-refractivity contribution in [1.82, 2.24) is 15.5 Å². The molecular formula is C25H33N3O4S. The summed E-state index contributed by atoms with van der Waals surface area (Å²) in [5.74, 6) is 0.884. The second-order valence-electron chi connectivity index (χ2n) is 7.91. The molecule has 0 aromatic heterocycles. The summed E-state index contributed by atoms with van der Waals surface area (Å²) in [6.07, 6.45) is 0.871.